The number of likely N-dealkylation sites (N-methyl/N-ethyl adjacent to an activating group) is 1. The van der Waals surface area contributed by atoms with Crippen molar-refractivity contribution in [1.82, 2.24) is 4.90 Å². The topological polar surface area (TPSA) is 75.8 Å². The molecule has 0 bridgehead atoms. The molecule has 4 rings (SSSR count). The summed E-state index contributed by atoms with van der Waals surface area (Å²) >= 11 is 0. The third-order valence-electron chi connectivity index (χ3n) is 9.68. The molecular formula is C29H49N3O2. The Labute approximate surface area is 207 Å². The highest BCUT2D eigenvalue weighted by molar-refractivity contribution is 6.06. The van der Waals surface area contributed by atoms with Crippen LogP contribution >= 0.6 is 0 Å². The van der Waals surface area contributed by atoms with E-state index < -0.39 is 5.54 Å². The number of nitrogens with zero attached hydrogens (tertiary/aromatic N) is 2. The number of Topliss-reactive ketones (excluding diaryl/α,β-unsaturated/α-hetero) is 1. The summed E-state index contributed by atoms with van der Waals surface area (Å²) in [4.78, 5) is 32.4. The van der Waals surface area contributed by atoms with Crippen molar-refractivity contribution in [2.45, 2.75) is 134 Å². The molecule has 0 unspecified atom stereocenters. The van der Waals surface area contributed by atoms with Crippen LogP contribution in [0.2, 0.25) is 0 Å². The van der Waals surface area contributed by atoms with E-state index in [1.165, 1.54) is 83.5 Å². The molecule has 3 saturated carbocycles. The van der Waals surface area contributed by atoms with E-state index in [2.05, 4.69) is 0 Å². The summed E-state index contributed by atoms with van der Waals surface area (Å²) in [5, 5.41) is 0. The Bertz CT molecular complexity index is 723. The Morgan fingerprint density at radius 1 is 0.912 bits per heavy atom. The number of ketones is 1. The highest BCUT2D eigenvalue weighted by atomic mass is 16.2. The van der Waals surface area contributed by atoms with Crippen molar-refractivity contribution in [1.29, 1.82) is 0 Å². The van der Waals surface area contributed by atoms with Crippen LogP contribution in [-0.4, -0.2) is 35.1 Å². The number of hydrogen-bond donors (Lipinski definition) is 1. The maximum atomic E-state index is 13.4. The van der Waals surface area contributed by atoms with Gasteiger partial charge in [0.25, 0.3) is 5.91 Å². The van der Waals surface area contributed by atoms with Crippen molar-refractivity contribution < 1.29 is 9.59 Å². The van der Waals surface area contributed by atoms with Crippen LogP contribution in [0, 0.1) is 23.7 Å². The number of carbonyl (C=O) groups is 2. The first-order valence-corrected chi connectivity index (χ1v) is 14.6. The predicted molar refractivity (Wildman–Crippen MR) is 138 cm³/mol. The van der Waals surface area contributed by atoms with Gasteiger partial charge in [0.05, 0.1) is 0 Å². The summed E-state index contributed by atoms with van der Waals surface area (Å²) < 4.78 is 0. The van der Waals surface area contributed by atoms with Gasteiger partial charge in [-0.3, -0.25) is 14.5 Å². The molecule has 2 N–H and O–H groups in total. The van der Waals surface area contributed by atoms with Crippen LogP contribution < -0.4 is 5.73 Å². The molecule has 0 spiro atoms. The number of rotatable bonds is 10. The van der Waals surface area contributed by atoms with Gasteiger partial charge in [-0.2, -0.15) is 0 Å². The smallest absolute Gasteiger partial charge is 0.257 e. The Kier molecular flexibility index (Phi) is 9.09. The lowest BCUT2D eigenvalue weighted by Gasteiger charge is -2.35. The highest BCUT2D eigenvalue weighted by Crippen LogP contribution is 2.42. The van der Waals surface area contributed by atoms with Crippen molar-refractivity contribution in [3.63, 3.8) is 0 Å². The zero-order valence-electron chi connectivity index (χ0n) is 21.7. The summed E-state index contributed by atoms with van der Waals surface area (Å²) in [6.45, 7) is 0. The number of aliphatic imine (C=N–C) groups is 1. The number of carbonyl (C=O) groups excluding carboxylic acids is 2. The highest BCUT2D eigenvalue weighted by Gasteiger charge is 2.48. The zero-order chi connectivity index (χ0) is 24.0. The van der Waals surface area contributed by atoms with Gasteiger partial charge in [-0.15, -0.1) is 0 Å². The van der Waals surface area contributed by atoms with Crippen LogP contribution in [0.25, 0.3) is 0 Å². The van der Waals surface area contributed by atoms with Crippen LogP contribution in [0.3, 0.4) is 0 Å². The van der Waals surface area contributed by atoms with Gasteiger partial charge in [-0.25, -0.2) is 4.99 Å². The van der Waals surface area contributed by atoms with E-state index in [1.54, 1.807) is 11.9 Å². The average molecular weight is 472 g/mol. The monoisotopic (exact) mass is 471 g/mol. The summed E-state index contributed by atoms with van der Waals surface area (Å²) in [6, 6.07) is 0. The molecule has 34 heavy (non-hydrogen) atoms. The van der Waals surface area contributed by atoms with Gasteiger partial charge in [-0.05, 0) is 62.7 Å². The molecule has 0 saturated heterocycles. The Balaban J connectivity index is 1.29. The predicted octanol–water partition coefficient (Wildman–Crippen LogP) is 6.39. The quantitative estimate of drug-likeness (QED) is 0.401. The molecule has 0 aromatic heterocycles. The van der Waals surface area contributed by atoms with E-state index in [0.717, 1.165) is 50.9 Å². The van der Waals surface area contributed by atoms with Gasteiger partial charge in [0.15, 0.2) is 5.96 Å². The summed E-state index contributed by atoms with van der Waals surface area (Å²) in [7, 11) is 1.79. The molecular weight excluding hydrogens is 422 g/mol. The second-order valence-electron chi connectivity index (χ2n) is 12.2. The fourth-order valence-corrected chi connectivity index (χ4v) is 7.60. The largest absolute Gasteiger partial charge is 0.369 e. The fourth-order valence-electron chi connectivity index (χ4n) is 7.60. The van der Waals surface area contributed by atoms with Crippen molar-refractivity contribution in [3.8, 4) is 0 Å². The molecule has 3 fully saturated rings. The summed E-state index contributed by atoms with van der Waals surface area (Å²) in [5.74, 6) is 3.41. The molecule has 192 valence electrons. The third-order valence-corrected chi connectivity index (χ3v) is 9.68. The van der Waals surface area contributed by atoms with Gasteiger partial charge >= 0.3 is 0 Å². The molecule has 1 amide bonds. The van der Waals surface area contributed by atoms with Gasteiger partial charge in [0.2, 0.25) is 0 Å². The van der Waals surface area contributed by atoms with Crippen LogP contribution in [0.1, 0.15) is 128 Å². The third kappa shape index (κ3) is 6.43. The number of nitrogens with two attached hydrogens (primary N) is 1. The average Bonchev–Trinajstić information content (AvgIpc) is 3.07. The minimum atomic E-state index is -0.625. The van der Waals surface area contributed by atoms with E-state index in [-0.39, 0.29) is 5.91 Å². The van der Waals surface area contributed by atoms with Crippen LogP contribution in [0.4, 0.5) is 0 Å². The Morgan fingerprint density at radius 3 is 2.24 bits per heavy atom. The van der Waals surface area contributed by atoms with Crippen molar-refractivity contribution in [2.24, 2.45) is 34.4 Å². The molecule has 1 aliphatic heterocycles. The lowest BCUT2D eigenvalue weighted by molar-refractivity contribution is -0.131. The number of amides is 1. The van der Waals surface area contributed by atoms with Crippen molar-refractivity contribution >= 4 is 17.6 Å². The number of guanidine groups is 1. The molecule has 0 aromatic carbocycles. The molecule has 3 aliphatic carbocycles. The van der Waals surface area contributed by atoms with Crippen LogP contribution in [0.5, 0.6) is 0 Å². The minimum Gasteiger partial charge on any atom is -0.369 e. The van der Waals surface area contributed by atoms with Gasteiger partial charge in [-0.1, -0.05) is 77.0 Å². The van der Waals surface area contributed by atoms with Crippen LogP contribution in [0.15, 0.2) is 4.99 Å². The molecule has 3 atom stereocenters. The molecule has 5 heteroatoms. The molecule has 5 nitrogen and oxygen atoms in total. The second kappa shape index (κ2) is 12.0. The van der Waals surface area contributed by atoms with E-state index in [1.807, 2.05) is 0 Å². The maximum Gasteiger partial charge on any atom is 0.257 e. The molecule has 0 radical (unpaired) electrons. The minimum absolute atomic E-state index is 0.126. The summed E-state index contributed by atoms with van der Waals surface area (Å²) in [5.41, 5.74) is 5.54. The normalized spacial score (nSPS) is 31.6. The van der Waals surface area contributed by atoms with E-state index in [9.17, 15) is 9.59 Å². The standard InChI is InChI=1S/C29H49N3O2/c1-32-27(34)29(31-28(32)30,19-18-22-10-4-2-5-11-22)21-24-14-8-12-23(20-24)13-9-17-26(33)25-15-6-3-7-16-25/h22-25H,2-21H2,1H3,(H2,30,31)/t23-,24-,29+/m0/s1. The first kappa shape index (κ1) is 25.7. The second-order valence-corrected chi connectivity index (χ2v) is 12.2. The summed E-state index contributed by atoms with van der Waals surface area (Å²) in [6.07, 6.45) is 23.4. The Hall–Kier alpha value is -1.39. The van der Waals surface area contributed by atoms with Gasteiger partial charge in [0.1, 0.15) is 11.3 Å². The van der Waals surface area contributed by atoms with E-state index in [4.69, 9.17) is 10.7 Å². The first-order valence-electron chi connectivity index (χ1n) is 14.6. The van der Waals surface area contributed by atoms with Crippen molar-refractivity contribution in [2.75, 3.05) is 7.05 Å². The lowest BCUT2D eigenvalue weighted by atomic mass is 9.71. The maximum absolute atomic E-state index is 13.4. The van der Waals surface area contributed by atoms with Gasteiger partial charge < -0.3 is 5.73 Å². The van der Waals surface area contributed by atoms with Crippen LogP contribution in [-0.2, 0) is 9.59 Å². The van der Waals surface area contributed by atoms with E-state index >= 15 is 0 Å². The molecule has 1 heterocycles. The van der Waals surface area contributed by atoms with E-state index in [0.29, 0.717) is 29.5 Å². The van der Waals surface area contributed by atoms with Crippen molar-refractivity contribution in [3.05, 3.63) is 0 Å². The zero-order valence-corrected chi connectivity index (χ0v) is 21.7. The molecule has 4 aliphatic rings. The van der Waals surface area contributed by atoms with Gasteiger partial charge in [0, 0.05) is 19.4 Å². The Morgan fingerprint density at radius 2 is 1.56 bits per heavy atom. The SMILES string of the molecule is CN1C(=O)[C@@](CCC2CCCCC2)(C[C@H]2CCC[C@@H](CCCC(=O)C3CCCCC3)C2)N=C1N. The number of hydrogen-bond acceptors (Lipinski definition) is 4. The fraction of sp³-hybridized carbons (Fsp3) is 0.897. The molecule has 0 aromatic rings. The first-order chi connectivity index (χ1) is 16.5. The lowest BCUT2D eigenvalue weighted by Crippen LogP contribution is -2.44.